The van der Waals surface area contributed by atoms with Crippen LogP contribution in [0.15, 0.2) is 39.5 Å². The number of thiophene rings is 1. The zero-order chi connectivity index (χ0) is 13.8. The Morgan fingerprint density at radius 3 is 2.42 bits per heavy atom. The van der Waals surface area contributed by atoms with Crippen molar-refractivity contribution < 1.29 is 14.3 Å². The summed E-state index contributed by atoms with van der Waals surface area (Å²) in [5.41, 5.74) is 1.66. The number of nitrogens with one attached hydrogen (secondary N) is 1. The van der Waals surface area contributed by atoms with E-state index in [1.165, 1.54) is 18.4 Å². The maximum Gasteiger partial charge on any atom is 0.337 e. The average Bonchev–Trinajstić information content (AvgIpc) is 2.85. The molecular formula is C13H10BrNO3S. The first-order valence-corrected chi connectivity index (χ1v) is 7.01. The van der Waals surface area contributed by atoms with Crippen LogP contribution in [0.25, 0.3) is 0 Å². The average molecular weight is 340 g/mol. The summed E-state index contributed by atoms with van der Waals surface area (Å²) in [5, 5.41) is 4.52. The van der Waals surface area contributed by atoms with Gasteiger partial charge in [-0.25, -0.2) is 4.79 Å². The molecule has 0 aliphatic carbocycles. The Hall–Kier alpha value is -1.66. The molecule has 0 atom stereocenters. The van der Waals surface area contributed by atoms with Gasteiger partial charge in [0.1, 0.15) is 0 Å². The van der Waals surface area contributed by atoms with Crippen molar-refractivity contribution in [2.75, 3.05) is 12.4 Å². The summed E-state index contributed by atoms with van der Waals surface area (Å²) in [7, 11) is 1.33. The van der Waals surface area contributed by atoms with Crippen molar-refractivity contribution in [3.05, 3.63) is 50.6 Å². The molecule has 98 valence electrons. The van der Waals surface area contributed by atoms with Gasteiger partial charge in [-0.3, -0.25) is 4.79 Å². The van der Waals surface area contributed by atoms with E-state index < -0.39 is 5.97 Å². The highest BCUT2D eigenvalue weighted by Gasteiger charge is 2.09. The van der Waals surface area contributed by atoms with Gasteiger partial charge in [-0.15, -0.1) is 11.3 Å². The molecule has 2 aromatic rings. The van der Waals surface area contributed by atoms with E-state index in [1.807, 2.05) is 0 Å². The van der Waals surface area contributed by atoms with Crippen molar-refractivity contribution in [2.24, 2.45) is 0 Å². The summed E-state index contributed by atoms with van der Waals surface area (Å²) in [5.74, 6) is -0.590. The van der Waals surface area contributed by atoms with Gasteiger partial charge < -0.3 is 10.1 Å². The summed E-state index contributed by atoms with van der Waals surface area (Å²) in [6.07, 6.45) is 0. The third-order valence-electron chi connectivity index (χ3n) is 2.39. The van der Waals surface area contributed by atoms with E-state index in [2.05, 4.69) is 26.0 Å². The van der Waals surface area contributed by atoms with Gasteiger partial charge in [0.15, 0.2) is 0 Å². The fourth-order valence-electron chi connectivity index (χ4n) is 1.44. The third-order valence-corrected chi connectivity index (χ3v) is 3.90. The molecule has 1 aromatic heterocycles. The van der Waals surface area contributed by atoms with Crippen LogP contribution in [-0.4, -0.2) is 19.0 Å². The fourth-order valence-corrected chi connectivity index (χ4v) is 2.58. The van der Waals surface area contributed by atoms with Gasteiger partial charge in [-0.05, 0) is 46.3 Å². The number of methoxy groups -OCH3 is 1. The number of carbonyl (C=O) groups is 2. The molecule has 0 unspecified atom stereocenters. The van der Waals surface area contributed by atoms with E-state index in [1.54, 1.807) is 35.7 Å². The molecule has 1 aromatic carbocycles. The lowest BCUT2D eigenvalue weighted by Gasteiger charge is -2.04. The van der Waals surface area contributed by atoms with Gasteiger partial charge in [0.2, 0.25) is 0 Å². The topological polar surface area (TPSA) is 55.4 Å². The lowest BCUT2D eigenvalue weighted by molar-refractivity contribution is 0.0600. The van der Waals surface area contributed by atoms with Crippen LogP contribution in [0.2, 0.25) is 0 Å². The Kier molecular flexibility index (Phi) is 4.34. The SMILES string of the molecule is COC(=O)c1ccc(NC(=O)c2csc(Br)c2)cc1. The maximum absolute atomic E-state index is 11.9. The number of hydrogen-bond acceptors (Lipinski definition) is 4. The molecule has 0 saturated heterocycles. The largest absolute Gasteiger partial charge is 0.465 e. The van der Waals surface area contributed by atoms with Crippen molar-refractivity contribution in [2.45, 2.75) is 0 Å². The molecule has 4 nitrogen and oxygen atoms in total. The Morgan fingerprint density at radius 1 is 1.21 bits per heavy atom. The van der Waals surface area contributed by atoms with Crippen molar-refractivity contribution >= 4 is 44.8 Å². The second-order valence-electron chi connectivity index (χ2n) is 3.66. The number of amides is 1. The Bertz CT molecular complexity index is 607. The van der Waals surface area contributed by atoms with E-state index in [0.717, 1.165) is 3.79 Å². The first kappa shape index (κ1) is 13.8. The highest BCUT2D eigenvalue weighted by atomic mass is 79.9. The minimum absolute atomic E-state index is 0.187. The molecule has 1 amide bonds. The number of esters is 1. The molecule has 0 spiro atoms. The van der Waals surface area contributed by atoms with Crippen LogP contribution >= 0.6 is 27.3 Å². The molecule has 1 N–H and O–H groups in total. The first-order chi connectivity index (χ1) is 9.10. The zero-order valence-electron chi connectivity index (χ0n) is 9.98. The normalized spacial score (nSPS) is 10.0. The summed E-state index contributed by atoms with van der Waals surface area (Å²) in [6, 6.07) is 8.27. The molecule has 2 rings (SSSR count). The number of hydrogen-bond donors (Lipinski definition) is 1. The second kappa shape index (κ2) is 5.99. The van der Waals surface area contributed by atoms with Crippen molar-refractivity contribution in [3.8, 4) is 0 Å². The van der Waals surface area contributed by atoms with Gasteiger partial charge in [-0.1, -0.05) is 0 Å². The summed E-state index contributed by atoms with van der Waals surface area (Å²) >= 11 is 4.75. The molecule has 6 heteroatoms. The summed E-state index contributed by atoms with van der Waals surface area (Å²) in [6.45, 7) is 0. The van der Waals surface area contributed by atoms with Crippen LogP contribution in [-0.2, 0) is 4.74 Å². The predicted molar refractivity (Wildman–Crippen MR) is 77.8 cm³/mol. The smallest absolute Gasteiger partial charge is 0.337 e. The first-order valence-electron chi connectivity index (χ1n) is 5.34. The van der Waals surface area contributed by atoms with Crippen LogP contribution < -0.4 is 5.32 Å². The van der Waals surface area contributed by atoms with Gasteiger partial charge in [-0.2, -0.15) is 0 Å². The molecule has 1 heterocycles. The second-order valence-corrected chi connectivity index (χ2v) is 5.95. The molecule has 0 radical (unpaired) electrons. The minimum atomic E-state index is -0.403. The molecular weight excluding hydrogens is 330 g/mol. The van der Waals surface area contributed by atoms with Gasteiger partial charge >= 0.3 is 5.97 Å². The maximum atomic E-state index is 11.9. The predicted octanol–water partition coefficient (Wildman–Crippen LogP) is 3.55. The van der Waals surface area contributed by atoms with Gasteiger partial charge in [0.05, 0.1) is 22.0 Å². The fraction of sp³-hybridized carbons (Fsp3) is 0.0769. The quantitative estimate of drug-likeness (QED) is 0.870. The highest BCUT2D eigenvalue weighted by molar-refractivity contribution is 9.11. The molecule has 0 fully saturated rings. The van der Waals surface area contributed by atoms with E-state index >= 15 is 0 Å². The van der Waals surface area contributed by atoms with E-state index in [-0.39, 0.29) is 5.91 Å². The van der Waals surface area contributed by atoms with Crippen molar-refractivity contribution in [3.63, 3.8) is 0 Å². The molecule has 0 aliphatic heterocycles. The van der Waals surface area contributed by atoms with Crippen LogP contribution in [0.1, 0.15) is 20.7 Å². The van der Waals surface area contributed by atoms with E-state index in [9.17, 15) is 9.59 Å². The van der Waals surface area contributed by atoms with Gasteiger partial charge in [0, 0.05) is 11.1 Å². The standard InChI is InChI=1S/C13H10BrNO3S/c1-18-13(17)8-2-4-10(5-3-8)15-12(16)9-6-11(14)19-7-9/h2-7H,1H3,(H,15,16). The third kappa shape index (κ3) is 3.42. The van der Waals surface area contributed by atoms with Crippen molar-refractivity contribution in [1.82, 2.24) is 0 Å². The number of carbonyl (C=O) groups excluding carboxylic acids is 2. The van der Waals surface area contributed by atoms with E-state index in [4.69, 9.17) is 0 Å². The Labute approximate surface area is 122 Å². The molecule has 0 saturated carbocycles. The van der Waals surface area contributed by atoms with Crippen molar-refractivity contribution in [1.29, 1.82) is 0 Å². The summed E-state index contributed by atoms with van der Waals surface area (Å²) < 4.78 is 5.50. The number of benzene rings is 1. The molecule has 19 heavy (non-hydrogen) atoms. The van der Waals surface area contributed by atoms with Gasteiger partial charge in [0.25, 0.3) is 5.91 Å². The van der Waals surface area contributed by atoms with E-state index in [0.29, 0.717) is 16.8 Å². The lowest BCUT2D eigenvalue weighted by Crippen LogP contribution is -2.11. The highest BCUT2D eigenvalue weighted by Crippen LogP contribution is 2.21. The minimum Gasteiger partial charge on any atom is -0.465 e. The number of ether oxygens (including phenoxy) is 1. The summed E-state index contributed by atoms with van der Waals surface area (Å²) in [4.78, 5) is 23.1. The Morgan fingerprint density at radius 2 is 1.89 bits per heavy atom. The number of halogens is 1. The lowest BCUT2D eigenvalue weighted by atomic mass is 10.2. The monoisotopic (exact) mass is 339 g/mol. The Balaban J connectivity index is 2.07. The number of rotatable bonds is 3. The van der Waals surface area contributed by atoms with Crippen LogP contribution in [0.5, 0.6) is 0 Å². The molecule has 0 aliphatic rings. The molecule has 0 bridgehead atoms. The number of anilines is 1. The van der Waals surface area contributed by atoms with Crippen LogP contribution in [0.4, 0.5) is 5.69 Å². The zero-order valence-corrected chi connectivity index (χ0v) is 12.4. The van der Waals surface area contributed by atoms with Crippen LogP contribution in [0.3, 0.4) is 0 Å². The van der Waals surface area contributed by atoms with Crippen LogP contribution in [0, 0.1) is 0 Å².